The lowest BCUT2D eigenvalue weighted by atomic mass is 10.1. The highest BCUT2D eigenvalue weighted by Crippen LogP contribution is 2.32. The second kappa shape index (κ2) is 5.18. The molecule has 1 fully saturated rings. The number of carbonyl (C=O) groups excluding carboxylic acids is 1. The van der Waals surface area contributed by atoms with Gasteiger partial charge in [-0.3, -0.25) is 4.79 Å². The predicted molar refractivity (Wildman–Crippen MR) is 77.2 cm³/mol. The van der Waals surface area contributed by atoms with Crippen LogP contribution in [0.4, 0.5) is 0 Å². The van der Waals surface area contributed by atoms with Gasteiger partial charge in [0.15, 0.2) is 11.5 Å². The van der Waals surface area contributed by atoms with Crippen molar-refractivity contribution in [2.24, 2.45) is 0 Å². The fraction of sp³-hybridized carbons (Fsp3) is 0.267. The van der Waals surface area contributed by atoms with Crippen LogP contribution in [-0.4, -0.2) is 45.7 Å². The Bertz CT molecular complexity index is 720. The number of amides is 1. The lowest BCUT2D eigenvalue weighted by Gasteiger charge is -2.37. The van der Waals surface area contributed by atoms with Crippen LogP contribution < -0.4 is 9.47 Å². The van der Waals surface area contributed by atoms with Gasteiger partial charge in [-0.05, 0) is 23.8 Å². The van der Waals surface area contributed by atoms with Crippen LogP contribution in [0.1, 0.15) is 11.6 Å². The monoisotopic (exact) mass is 298 g/mol. The molecule has 0 N–H and O–H groups in total. The third kappa shape index (κ3) is 2.30. The van der Waals surface area contributed by atoms with Gasteiger partial charge in [0.1, 0.15) is 6.04 Å². The first-order valence-electron chi connectivity index (χ1n) is 7.02. The summed E-state index contributed by atoms with van der Waals surface area (Å²) in [6, 6.07) is 5.77. The molecule has 0 bridgehead atoms. The summed E-state index contributed by atoms with van der Waals surface area (Å²) in [6.07, 6.45) is 6.64. The standard InChI is InChI=1S/C15H14N4O3/c20-15(18-8-12(9-18)19-16-5-6-17-19)4-2-11-1-3-13-14(7-11)22-10-21-13/h1-7,12H,8-10H2. The van der Waals surface area contributed by atoms with Gasteiger partial charge in [-0.1, -0.05) is 6.07 Å². The van der Waals surface area contributed by atoms with Gasteiger partial charge in [0.25, 0.3) is 0 Å². The van der Waals surface area contributed by atoms with Crippen molar-refractivity contribution >= 4 is 12.0 Å². The van der Waals surface area contributed by atoms with Gasteiger partial charge in [-0.25, -0.2) is 0 Å². The Labute approximate surface area is 126 Å². The molecule has 3 heterocycles. The number of likely N-dealkylation sites (tertiary alicyclic amines) is 1. The van der Waals surface area contributed by atoms with Crippen molar-refractivity contribution in [1.82, 2.24) is 19.9 Å². The maximum absolute atomic E-state index is 12.1. The third-order valence-electron chi connectivity index (χ3n) is 3.75. The van der Waals surface area contributed by atoms with E-state index in [1.165, 1.54) is 0 Å². The van der Waals surface area contributed by atoms with E-state index in [4.69, 9.17) is 9.47 Å². The molecular formula is C15H14N4O3. The Morgan fingerprint density at radius 1 is 1.18 bits per heavy atom. The molecule has 0 radical (unpaired) electrons. The Morgan fingerprint density at radius 2 is 1.95 bits per heavy atom. The first kappa shape index (κ1) is 12.9. The number of benzene rings is 1. The molecule has 7 heteroatoms. The molecular weight excluding hydrogens is 284 g/mol. The number of ether oxygens (including phenoxy) is 2. The van der Waals surface area contributed by atoms with E-state index in [1.54, 1.807) is 34.2 Å². The lowest BCUT2D eigenvalue weighted by Crippen LogP contribution is -2.50. The molecule has 0 aliphatic carbocycles. The lowest BCUT2D eigenvalue weighted by molar-refractivity contribution is -0.131. The van der Waals surface area contributed by atoms with Gasteiger partial charge in [0.05, 0.1) is 12.4 Å². The van der Waals surface area contributed by atoms with E-state index < -0.39 is 0 Å². The Morgan fingerprint density at radius 3 is 2.77 bits per heavy atom. The predicted octanol–water partition coefficient (Wildman–Crippen LogP) is 1.10. The average molecular weight is 298 g/mol. The summed E-state index contributed by atoms with van der Waals surface area (Å²) in [7, 11) is 0. The van der Waals surface area contributed by atoms with Crippen molar-refractivity contribution in [3.05, 3.63) is 42.2 Å². The summed E-state index contributed by atoms with van der Waals surface area (Å²) < 4.78 is 10.6. The van der Waals surface area contributed by atoms with E-state index >= 15 is 0 Å². The number of rotatable bonds is 3. The molecule has 2 aliphatic rings. The molecule has 2 aromatic rings. The Kier molecular flexibility index (Phi) is 3.03. The highest BCUT2D eigenvalue weighted by Gasteiger charge is 2.31. The zero-order chi connectivity index (χ0) is 14.9. The molecule has 4 rings (SSSR count). The van der Waals surface area contributed by atoms with Gasteiger partial charge in [0, 0.05) is 19.2 Å². The molecule has 0 spiro atoms. The first-order chi connectivity index (χ1) is 10.8. The van der Waals surface area contributed by atoms with E-state index in [0.29, 0.717) is 18.8 Å². The van der Waals surface area contributed by atoms with E-state index in [-0.39, 0.29) is 18.7 Å². The molecule has 1 amide bonds. The number of nitrogens with zero attached hydrogens (tertiary/aromatic N) is 4. The molecule has 112 valence electrons. The van der Waals surface area contributed by atoms with Crippen LogP contribution in [0.5, 0.6) is 11.5 Å². The van der Waals surface area contributed by atoms with Crippen LogP contribution in [-0.2, 0) is 4.79 Å². The van der Waals surface area contributed by atoms with Crippen molar-refractivity contribution in [3.63, 3.8) is 0 Å². The Hall–Kier alpha value is -2.83. The van der Waals surface area contributed by atoms with Crippen molar-refractivity contribution < 1.29 is 14.3 Å². The van der Waals surface area contributed by atoms with Crippen LogP contribution in [0, 0.1) is 0 Å². The van der Waals surface area contributed by atoms with E-state index in [0.717, 1.165) is 11.3 Å². The van der Waals surface area contributed by atoms with Gasteiger partial charge in [-0.2, -0.15) is 15.0 Å². The zero-order valence-electron chi connectivity index (χ0n) is 11.8. The topological polar surface area (TPSA) is 69.5 Å². The molecule has 0 saturated carbocycles. The molecule has 0 atom stereocenters. The minimum atomic E-state index is -0.0129. The van der Waals surface area contributed by atoms with Gasteiger partial charge >= 0.3 is 0 Å². The highest BCUT2D eigenvalue weighted by atomic mass is 16.7. The summed E-state index contributed by atoms with van der Waals surface area (Å²) >= 11 is 0. The van der Waals surface area contributed by atoms with Crippen molar-refractivity contribution in [1.29, 1.82) is 0 Å². The second-order valence-corrected chi connectivity index (χ2v) is 5.19. The van der Waals surface area contributed by atoms with Crippen LogP contribution >= 0.6 is 0 Å². The van der Waals surface area contributed by atoms with E-state index in [2.05, 4.69) is 10.2 Å². The van der Waals surface area contributed by atoms with E-state index in [1.807, 2.05) is 18.2 Å². The smallest absolute Gasteiger partial charge is 0.246 e. The van der Waals surface area contributed by atoms with Gasteiger partial charge < -0.3 is 14.4 Å². The summed E-state index contributed by atoms with van der Waals surface area (Å²) in [5, 5.41) is 8.17. The zero-order valence-corrected chi connectivity index (χ0v) is 11.8. The van der Waals surface area contributed by atoms with Crippen LogP contribution in [0.15, 0.2) is 36.7 Å². The maximum atomic E-state index is 12.1. The largest absolute Gasteiger partial charge is 0.454 e. The molecule has 1 saturated heterocycles. The number of hydrogen-bond acceptors (Lipinski definition) is 5. The van der Waals surface area contributed by atoms with Crippen molar-refractivity contribution in [2.45, 2.75) is 6.04 Å². The van der Waals surface area contributed by atoms with Crippen LogP contribution in [0.3, 0.4) is 0 Å². The Balaban J connectivity index is 1.36. The molecule has 0 unspecified atom stereocenters. The van der Waals surface area contributed by atoms with Crippen LogP contribution in [0.25, 0.3) is 6.08 Å². The number of fused-ring (bicyclic) bond motifs is 1. The first-order valence-corrected chi connectivity index (χ1v) is 7.02. The van der Waals surface area contributed by atoms with Gasteiger partial charge in [0.2, 0.25) is 12.7 Å². The van der Waals surface area contributed by atoms with E-state index in [9.17, 15) is 4.79 Å². The fourth-order valence-corrected chi connectivity index (χ4v) is 2.49. The average Bonchev–Trinajstić information content (AvgIpc) is 3.14. The fourth-order valence-electron chi connectivity index (χ4n) is 2.49. The third-order valence-corrected chi connectivity index (χ3v) is 3.75. The normalized spacial score (nSPS) is 17.0. The second-order valence-electron chi connectivity index (χ2n) is 5.19. The highest BCUT2D eigenvalue weighted by molar-refractivity contribution is 5.92. The molecule has 2 aliphatic heterocycles. The van der Waals surface area contributed by atoms with Crippen LogP contribution in [0.2, 0.25) is 0 Å². The molecule has 7 nitrogen and oxygen atoms in total. The maximum Gasteiger partial charge on any atom is 0.246 e. The number of aromatic nitrogens is 3. The van der Waals surface area contributed by atoms with Gasteiger partial charge in [-0.15, -0.1) is 0 Å². The summed E-state index contributed by atoms with van der Waals surface area (Å²) in [4.78, 5) is 15.5. The molecule has 1 aromatic heterocycles. The quantitative estimate of drug-likeness (QED) is 0.794. The summed E-state index contributed by atoms with van der Waals surface area (Å²) in [5.41, 5.74) is 0.906. The summed E-state index contributed by atoms with van der Waals surface area (Å²) in [6.45, 7) is 1.52. The number of hydrogen-bond donors (Lipinski definition) is 0. The minimum Gasteiger partial charge on any atom is -0.454 e. The van der Waals surface area contributed by atoms with Crippen molar-refractivity contribution in [3.8, 4) is 11.5 Å². The molecule has 1 aromatic carbocycles. The number of carbonyl (C=O) groups is 1. The summed E-state index contributed by atoms with van der Waals surface area (Å²) in [5.74, 6) is 1.44. The van der Waals surface area contributed by atoms with Crippen molar-refractivity contribution in [2.75, 3.05) is 19.9 Å². The molecule has 22 heavy (non-hydrogen) atoms. The SMILES string of the molecule is O=C(C=Cc1ccc2c(c1)OCO2)N1CC(n2nccn2)C1. The minimum absolute atomic E-state index is 0.0129.